The second-order valence-corrected chi connectivity index (χ2v) is 7.84. The van der Waals surface area contributed by atoms with Crippen molar-refractivity contribution in [2.45, 2.75) is 49.1 Å². The van der Waals surface area contributed by atoms with Crippen LogP contribution in [0, 0.1) is 0 Å². The molecule has 2 N–H and O–H groups in total. The summed E-state index contributed by atoms with van der Waals surface area (Å²) in [6.45, 7) is 3.59. The van der Waals surface area contributed by atoms with E-state index in [0.717, 1.165) is 31.4 Å². The molecule has 0 aliphatic heterocycles. The van der Waals surface area contributed by atoms with Crippen molar-refractivity contribution in [1.29, 1.82) is 0 Å². The van der Waals surface area contributed by atoms with Crippen molar-refractivity contribution in [1.82, 2.24) is 10.0 Å². The Hall–Kier alpha value is -0.470. The van der Waals surface area contributed by atoms with E-state index in [1.807, 2.05) is 12.3 Å². The Kier molecular flexibility index (Phi) is 5.57. The second kappa shape index (κ2) is 7.00. The van der Waals surface area contributed by atoms with Crippen LogP contribution in [-0.2, 0) is 21.3 Å². The zero-order valence-electron chi connectivity index (χ0n) is 11.9. The van der Waals surface area contributed by atoms with E-state index in [2.05, 4.69) is 10.0 Å². The zero-order chi connectivity index (χ0) is 14.6. The summed E-state index contributed by atoms with van der Waals surface area (Å²) in [5.41, 5.74) is 1.01. The molecule has 0 aromatic carbocycles. The lowest BCUT2D eigenvalue weighted by molar-refractivity contribution is 0.0916. The number of nitrogens with one attached hydrogen (secondary N) is 2. The first-order chi connectivity index (χ1) is 9.56. The van der Waals surface area contributed by atoms with Crippen LogP contribution in [0.4, 0.5) is 0 Å². The van der Waals surface area contributed by atoms with Crippen LogP contribution in [0.1, 0.15) is 31.7 Å². The summed E-state index contributed by atoms with van der Waals surface area (Å²) in [6.07, 6.45) is 2.75. The normalized spacial score (nSPS) is 23.3. The van der Waals surface area contributed by atoms with Crippen molar-refractivity contribution >= 4 is 21.4 Å². The summed E-state index contributed by atoms with van der Waals surface area (Å²) in [6, 6.07) is 1.64. The molecule has 1 heterocycles. The van der Waals surface area contributed by atoms with Crippen molar-refractivity contribution in [2.75, 3.05) is 13.7 Å². The number of hydrogen-bond donors (Lipinski definition) is 2. The Balaban J connectivity index is 2.04. The van der Waals surface area contributed by atoms with Gasteiger partial charge in [-0.3, -0.25) is 0 Å². The predicted molar refractivity (Wildman–Crippen MR) is 80.5 cm³/mol. The van der Waals surface area contributed by atoms with Crippen LogP contribution in [0.2, 0.25) is 0 Å². The van der Waals surface area contributed by atoms with Gasteiger partial charge in [-0.2, -0.15) is 0 Å². The van der Waals surface area contributed by atoms with Gasteiger partial charge in [0.25, 0.3) is 0 Å². The number of hydrogen-bond acceptors (Lipinski definition) is 5. The van der Waals surface area contributed by atoms with Crippen LogP contribution >= 0.6 is 11.3 Å². The van der Waals surface area contributed by atoms with Crippen LogP contribution in [-0.4, -0.2) is 34.2 Å². The fourth-order valence-electron chi connectivity index (χ4n) is 2.46. The maximum Gasteiger partial charge on any atom is 0.250 e. The number of ether oxygens (including phenoxy) is 1. The van der Waals surface area contributed by atoms with Crippen LogP contribution < -0.4 is 10.0 Å². The molecule has 0 bridgehead atoms. The molecule has 0 amide bonds. The molecular weight excluding hydrogens is 296 g/mol. The molecule has 1 aromatic heterocycles. The zero-order valence-corrected chi connectivity index (χ0v) is 13.5. The van der Waals surface area contributed by atoms with E-state index in [4.69, 9.17) is 4.74 Å². The topological polar surface area (TPSA) is 67.4 Å². The highest BCUT2D eigenvalue weighted by Gasteiger charge is 2.31. The summed E-state index contributed by atoms with van der Waals surface area (Å²) in [5, 5.41) is 5.08. The quantitative estimate of drug-likeness (QED) is 0.803. The van der Waals surface area contributed by atoms with E-state index in [-0.39, 0.29) is 12.1 Å². The molecule has 1 fully saturated rings. The molecule has 5 nitrogen and oxygen atoms in total. The summed E-state index contributed by atoms with van der Waals surface area (Å²) in [5.74, 6) is 0. The molecule has 114 valence electrons. The molecule has 0 radical (unpaired) electrons. The number of sulfonamides is 1. The minimum atomic E-state index is -3.43. The third kappa shape index (κ3) is 3.79. The van der Waals surface area contributed by atoms with Crippen LogP contribution in [0.15, 0.2) is 15.7 Å². The van der Waals surface area contributed by atoms with Crippen LogP contribution in [0.3, 0.4) is 0 Å². The van der Waals surface area contributed by atoms with E-state index >= 15 is 0 Å². The Bertz CT molecular complexity index is 527. The fourth-order valence-corrected chi connectivity index (χ4v) is 4.98. The van der Waals surface area contributed by atoms with Crippen LogP contribution in [0.5, 0.6) is 0 Å². The molecule has 7 heteroatoms. The molecule has 1 saturated carbocycles. The number of thiophene rings is 1. The van der Waals surface area contributed by atoms with Crippen molar-refractivity contribution < 1.29 is 13.2 Å². The smallest absolute Gasteiger partial charge is 0.250 e. The molecule has 2 rings (SSSR count). The third-order valence-corrected chi connectivity index (χ3v) is 6.51. The summed E-state index contributed by atoms with van der Waals surface area (Å²) in [7, 11) is -1.79. The van der Waals surface area contributed by atoms with E-state index in [9.17, 15) is 8.42 Å². The van der Waals surface area contributed by atoms with Gasteiger partial charge in [0, 0.05) is 19.7 Å². The van der Waals surface area contributed by atoms with Gasteiger partial charge < -0.3 is 10.1 Å². The first kappa shape index (κ1) is 15.9. The maximum absolute atomic E-state index is 12.4. The lowest BCUT2D eigenvalue weighted by Crippen LogP contribution is -2.40. The summed E-state index contributed by atoms with van der Waals surface area (Å²) >= 11 is 1.27. The van der Waals surface area contributed by atoms with Gasteiger partial charge in [0.1, 0.15) is 4.21 Å². The van der Waals surface area contributed by atoms with Gasteiger partial charge >= 0.3 is 0 Å². The molecule has 1 aliphatic rings. The lowest BCUT2D eigenvalue weighted by Gasteiger charge is -2.18. The Labute approximate surface area is 124 Å². The van der Waals surface area contributed by atoms with Gasteiger partial charge in [-0.25, -0.2) is 13.1 Å². The van der Waals surface area contributed by atoms with E-state index in [1.54, 1.807) is 13.2 Å². The molecule has 2 unspecified atom stereocenters. The minimum absolute atomic E-state index is 0.00837. The molecule has 0 spiro atoms. The molecule has 1 aromatic rings. The monoisotopic (exact) mass is 318 g/mol. The fraction of sp³-hybridized carbons (Fsp3) is 0.692. The van der Waals surface area contributed by atoms with Gasteiger partial charge in [-0.1, -0.05) is 6.92 Å². The predicted octanol–water partition coefficient (Wildman–Crippen LogP) is 1.70. The average molecular weight is 318 g/mol. The second-order valence-electron chi connectivity index (χ2n) is 4.99. The lowest BCUT2D eigenvalue weighted by atomic mass is 10.2. The average Bonchev–Trinajstić information content (AvgIpc) is 3.04. The van der Waals surface area contributed by atoms with Gasteiger partial charge in [-0.05, 0) is 42.8 Å². The van der Waals surface area contributed by atoms with Gasteiger partial charge in [-0.15, -0.1) is 11.3 Å². The number of rotatable bonds is 7. The number of methoxy groups -OCH3 is 1. The van der Waals surface area contributed by atoms with Crippen molar-refractivity contribution in [3.8, 4) is 0 Å². The summed E-state index contributed by atoms with van der Waals surface area (Å²) < 4.78 is 33.2. The standard InChI is InChI=1S/C13H22N2O3S2/c1-3-14-8-10-7-13(19-9-10)20(16,17)15-11-5-4-6-12(11)18-2/h7,9,11-12,14-15H,3-6,8H2,1-2H3. The summed E-state index contributed by atoms with van der Waals surface area (Å²) in [4.78, 5) is 0. The Morgan fingerprint density at radius 3 is 2.95 bits per heavy atom. The van der Waals surface area contributed by atoms with Gasteiger partial charge in [0.2, 0.25) is 10.0 Å². The van der Waals surface area contributed by atoms with Crippen molar-refractivity contribution in [2.24, 2.45) is 0 Å². The minimum Gasteiger partial charge on any atom is -0.380 e. The van der Waals surface area contributed by atoms with Crippen LogP contribution in [0.25, 0.3) is 0 Å². The Morgan fingerprint density at radius 1 is 1.45 bits per heavy atom. The molecule has 20 heavy (non-hydrogen) atoms. The SMILES string of the molecule is CCNCc1csc(S(=O)(=O)NC2CCCC2OC)c1. The third-order valence-electron chi connectivity index (χ3n) is 3.54. The largest absolute Gasteiger partial charge is 0.380 e. The van der Waals surface area contributed by atoms with Gasteiger partial charge in [0.05, 0.1) is 6.10 Å². The van der Waals surface area contributed by atoms with Crippen molar-refractivity contribution in [3.63, 3.8) is 0 Å². The molecule has 0 saturated heterocycles. The highest BCUT2D eigenvalue weighted by Crippen LogP contribution is 2.25. The first-order valence-corrected chi connectivity index (χ1v) is 9.26. The first-order valence-electron chi connectivity index (χ1n) is 6.90. The highest BCUT2D eigenvalue weighted by atomic mass is 32.2. The van der Waals surface area contributed by atoms with Gasteiger partial charge in [0.15, 0.2) is 0 Å². The van der Waals surface area contributed by atoms with E-state index in [0.29, 0.717) is 10.8 Å². The Morgan fingerprint density at radius 2 is 2.25 bits per heavy atom. The van der Waals surface area contributed by atoms with E-state index < -0.39 is 10.0 Å². The molecule has 2 atom stereocenters. The maximum atomic E-state index is 12.4. The van der Waals surface area contributed by atoms with E-state index in [1.165, 1.54) is 11.3 Å². The highest BCUT2D eigenvalue weighted by molar-refractivity contribution is 7.91. The molecule has 1 aliphatic carbocycles. The molecular formula is C13H22N2O3S2. The van der Waals surface area contributed by atoms with Crippen molar-refractivity contribution in [3.05, 3.63) is 17.0 Å².